The molecule has 0 aliphatic heterocycles. The van der Waals surface area contributed by atoms with Crippen molar-refractivity contribution in [2.75, 3.05) is 4.72 Å². The molecule has 9 nitrogen and oxygen atoms in total. The minimum atomic E-state index is -3.83. The van der Waals surface area contributed by atoms with Gasteiger partial charge < -0.3 is 15.1 Å². The molecule has 0 radical (unpaired) electrons. The molecular weight excluding hydrogens is 555 g/mol. The molecule has 0 atom stereocenters. The molecule has 0 unspecified atom stereocenters. The van der Waals surface area contributed by atoms with E-state index in [0.29, 0.717) is 17.8 Å². The summed E-state index contributed by atoms with van der Waals surface area (Å²) in [6.45, 7) is 6.10. The molecule has 0 saturated heterocycles. The molecule has 1 heterocycles. The molecule has 5 N–H and O–H groups in total. The highest BCUT2D eigenvalue weighted by molar-refractivity contribution is 7.98. The second-order valence-corrected chi connectivity index (χ2v) is 14.0. The number of hydrogen-bond acceptors (Lipinski definition) is 8. The first-order chi connectivity index (χ1) is 18.5. The smallest absolute Gasteiger partial charge is 0.404 e. The van der Waals surface area contributed by atoms with Crippen molar-refractivity contribution in [2.24, 2.45) is 0 Å². The first kappa shape index (κ1) is 29.3. The highest BCUT2D eigenvalue weighted by Crippen LogP contribution is 2.40. The Morgan fingerprint density at radius 3 is 2.49 bits per heavy atom. The van der Waals surface area contributed by atoms with Gasteiger partial charge in [-0.15, -0.1) is 11.3 Å². The van der Waals surface area contributed by atoms with Crippen LogP contribution in [0, 0.1) is 0 Å². The number of benzene rings is 2. The van der Waals surface area contributed by atoms with Crippen LogP contribution in [0.4, 0.5) is 10.5 Å². The Balaban J connectivity index is 1.52. The van der Waals surface area contributed by atoms with Gasteiger partial charge in [-0.1, -0.05) is 36.4 Å². The first-order valence-corrected chi connectivity index (χ1v) is 15.9. The maximum absolute atomic E-state index is 13.5. The van der Waals surface area contributed by atoms with Crippen molar-refractivity contribution in [1.82, 2.24) is 19.7 Å². The maximum Gasteiger partial charge on any atom is 0.404 e. The standard InChI is InChI=1S/C27H35N5O4S3/c1-27(2,3)32-39(35,36)24-15-21(31-38-29-16-18-7-5-4-6-8-18)13-14-22(24)23-17-28-25(37-23)19-9-11-20(12-10-19)30-26(33)34/h4-8,13-15,17,19-20,29-32H,9-12,16H2,1-3H3,(H,33,34). The van der Waals surface area contributed by atoms with Gasteiger partial charge in [-0.25, -0.2) is 27.6 Å². The van der Waals surface area contributed by atoms with E-state index in [4.69, 9.17) is 5.11 Å². The van der Waals surface area contributed by atoms with Crippen molar-refractivity contribution in [2.45, 2.75) is 75.4 Å². The van der Waals surface area contributed by atoms with E-state index < -0.39 is 21.7 Å². The van der Waals surface area contributed by atoms with Gasteiger partial charge in [0.05, 0.1) is 14.8 Å². The third kappa shape index (κ3) is 8.42. The van der Waals surface area contributed by atoms with E-state index in [-0.39, 0.29) is 16.9 Å². The number of carbonyl (C=O) groups is 1. The molecule has 3 aromatic rings. The van der Waals surface area contributed by atoms with Crippen molar-refractivity contribution in [3.63, 3.8) is 0 Å². The Morgan fingerprint density at radius 2 is 1.82 bits per heavy atom. The SMILES string of the molecule is CC(C)(C)NS(=O)(=O)c1cc(NSNCc2ccccc2)ccc1-c1cnc(C2CCC(NC(=O)O)CC2)s1. The molecule has 0 bridgehead atoms. The number of hydrogen-bond donors (Lipinski definition) is 5. The zero-order valence-corrected chi connectivity index (χ0v) is 24.7. The fourth-order valence-electron chi connectivity index (χ4n) is 4.54. The van der Waals surface area contributed by atoms with E-state index in [0.717, 1.165) is 41.1 Å². The summed E-state index contributed by atoms with van der Waals surface area (Å²) in [5.41, 5.74) is 1.76. The quantitative estimate of drug-likeness (QED) is 0.145. The molecule has 39 heavy (non-hydrogen) atoms. The maximum atomic E-state index is 13.5. The van der Waals surface area contributed by atoms with Gasteiger partial charge in [-0.3, -0.25) is 0 Å². The summed E-state index contributed by atoms with van der Waals surface area (Å²) < 4.78 is 36.2. The third-order valence-electron chi connectivity index (χ3n) is 6.26. The van der Waals surface area contributed by atoms with E-state index >= 15 is 0 Å². The summed E-state index contributed by atoms with van der Waals surface area (Å²) in [5, 5.41) is 12.5. The van der Waals surface area contributed by atoms with E-state index in [9.17, 15) is 13.2 Å². The van der Waals surface area contributed by atoms with Crippen LogP contribution in [-0.4, -0.2) is 36.2 Å². The number of carboxylic acid groups (broad SMARTS) is 1. The molecule has 1 aliphatic carbocycles. The van der Waals surface area contributed by atoms with Gasteiger partial charge in [0.1, 0.15) is 0 Å². The number of anilines is 1. The topological polar surface area (TPSA) is 132 Å². The Labute approximate surface area is 238 Å². The Morgan fingerprint density at radius 1 is 1.10 bits per heavy atom. The average molecular weight is 590 g/mol. The Bertz CT molecular complexity index is 1370. The monoisotopic (exact) mass is 589 g/mol. The van der Waals surface area contributed by atoms with Crippen LogP contribution in [-0.2, 0) is 16.6 Å². The van der Waals surface area contributed by atoms with Gasteiger partial charge in [0.15, 0.2) is 0 Å². The summed E-state index contributed by atoms with van der Waals surface area (Å²) in [7, 11) is -3.83. The Kier molecular flexibility index (Phi) is 9.55. The molecular formula is C27H35N5O4S3. The van der Waals surface area contributed by atoms with Crippen LogP contribution < -0.4 is 19.5 Å². The molecule has 1 aromatic heterocycles. The normalized spacial score (nSPS) is 18.0. The highest BCUT2D eigenvalue weighted by atomic mass is 32.2. The molecule has 1 fully saturated rings. The summed E-state index contributed by atoms with van der Waals surface area (Å²) >= 11 is 2.80. The van der Waals surface area contributed by atoms with Crippen LogP contribution in [0.25, 0.3) is 10.4 Å². The molecule has 210 valence electrons. The van der Waals surface area contributed by atoms with Crippen molar-refractivity contribution in [3.8, 4) is 10.4 Å². The van der Waals surface area contributed by atoms with Crippen LogP contribution in [0.15, 0.2) is 59.6 Å². The summed E-state index contributed by atoms with van der Waals surface area (Å²) in [5.74, 6) is 0.233. The van der Waals surface area contributed by atoms with Crippen LogP contribution in [0.1, 0.15) is 62.9 Å². The van der Waals surface area contributed by atoms with Crippen molar-refractivity contribution in [1.29, 1.82) is 0 Å². The van der Waals surface area contributed by atoms with Crippen molar-refractivity contribution >= 4 is 45.3 Å². The van der Waals surface area contributed by atoms with Crippen molar-refractivity contribution in [3.05, 3.63) is 65.3 Å². The molecule has 0 spiro atoms. The van der Waals surface area contributed by atoms with Crippen molar-refractivity contribution < 1.29 is 18.3 Å². The lowest BCUT2D eigenvalue weighted by molar-refractivity contribution is 0.185. The van der Waals surface area contributed by atoms with Crippen LogP contribution >= 0.6 is 23.5 Å². The predicted molar refractivity (Wildman–Crippen MR) is 158 cm³/mol. The van der Waals surface area contributed by atoms with Crippen LogP contribution in [0.5, 0.6) is 0 Å². The van der Waals surface area contributed by atoms with E-state index in [1.165, 1.54) is 23.5 Å². The third-order valence-corrected chi connectivity index (χ3v) is 9.88. The number of aromatic nitrogens is 1. The summed E-state index contributed by atoms with van der Waals surface area (Å²) in [6.07, 6.45) is 3.95. The van der Waals surface area contributed by atoms with E-state index in [2.05, 4.69) is 24.5 Å². The lowest BCUT2D eigenvalue weighted by Gasteiger charge is -2.27. The van der Waals surface area contributed by atoms with Gasteiger partial charge >= 0.3 is 6.09 Å². The second kappa shape index (κ2) is 12.7. The molecule has 1 aliphatic rings. The van der Waals surface area contributed by atoms with E-state index in [1.807, 2.05) is 63.2 Å². The predicted octanol–water partition coefficient (Wildman–Crippen LogP) is 5.95. The number of sulfonamides is 1. The number of nitrogens with zero attached hydrogens (tertiary/aromatic N) is 1. The zero-order chi connectivity index (χ0) is 28.0. The van der Waals surface area contributed by atoms with Crippen LogP contribution in [0.2, 0.25) is 0 Å². The number of amides is 1. The highest BCUT2D eigenvalue weighted by Gasteiger charge is 2.28. The molecule has 4 rings (SSSR count). The average Bonchev–Trinajstić information content (AvgIpc) is 3.36. The molecule has 2 aromatic carbocycles. The van der Waals surface area contributed by atoms with Gasteiger partial charge in [0, 0.05) is 53.6 Å². The Hall–Kier alpha value is -2.64. The number of rotatable bonds is 10. The van der Waals surface area contributed by atoms with Gasteiger partial charge in [-0.2, -0.15) is 0 Å². The number of thiazole rings is 1. The molecule has 12 heteroatoms. The van der Waals surface area contributed by atoms with Gasteiger partial charge in [0.2, 0.25) is 10.0 Å². The van der Waals surface area contributed by atoms with Gasteiger partial charge in [0.25, 0.3) is 0 Å². The lowest BCUT2D eigenvalue weighted by Crippen LogP contribution is -2.40. The summed E-state index contributed by atoms with van der Waals surface area (Å²) in [4.78, 5) is 16.6. The minimum absolute atomic E-state index is 0.0292. The lowest BCUT2D eigenvalue weighted by atomic mass is 9.86. The van der Waals surface area contributed by atoms with Crippen LogP contribution in [0.3, 0.4) is 0 Å². The second-order valence-electron chi connectivity index (χ2n) is 10.6. The first-order valence-electron chi connectivity index (χ1n) is 12.8. The minimum Gasteiger partial charge on any atom is -0.465 e. The fraction of sp³-hybridized carbons (Fsp3) is 0.407. The molecule has 1 saturated carbocycles. The van der Waals surface area contributed by atoms with Gasteiger partial charge in [-0.05, 0) is 64.2 Å². The zero-order valence-electron chi connectivity index (χ0n) is 22.2. The summed E-state index contributed by atoms with van der Waals surface area (Å²) in [6, 6.07) is 15.3. The fourth-order valence-corrected chi connectivity index (χ4v) is 7.95. The largest absolute Gasteiger partial charge is 0.465 e. The van der Waals surface area contributed by atoms with E-state index in [1.54, 1.807) is 12.3 Å². The number of nitrogens with one attached hydrogen (secondary N) is 4. The molecule has 1 amide bonds.